The fourth-order valence-corrected chi connectivity index (χ4v) is 10.1. The summed E-state index contributed by atoms with van der Waals surface area (Å²) >= 11 is 0. The molecule has 0 fully saturated rings. The van der Waals surface area contributed by atoms with Gasteiger partial charge in [0.2, 0.25) is 0 Å². The number of rotatable bonds is 4. The Morgan fingerprint density at radius 2 is 1.13 bits per heavy atom. The zero-order valence-corrected chi connectivity index (χ0v) is 34.1. The second-order valence-corrected chi connectivity index (χ2v) is 17.9. The molecule has 0 spiro atoms. The minimum atomic E-state index is -0.0262. The molecule has 0 N–H and O–H groups in total. The maximum Gasteiger partial charge on any atom is 0.164 e. The lowest BCUT2D eigenvalue weighted by atomic mass is 9.62. The Morgan fingerprint density at radius 1 is 0.483 bits per heavy atom. The van der Waals surface area contributed by atoms with Crippen LogP contribution in [0.3, 0.4) is 0 Å². The molecule has 0 aliphatic heterocycles. The van der Waals surface area contributed by atoms with E-state index in [1.807, 2.05) is 42.5 Å². The van der Waals surface area contributed by atoms with Crippen molar-refractivity contribution in [3.05, 3.63) is 169 Å². The highest BCUT2D eigenvalue weighted by Gasteiger charge is 2.39. The molecule has 5 nitrogen and oxygen atoms in total. The van der Waals surface area contributed by atoms with Crippen LogP contribution in [-0.2, 0) is 10.8 Å². The van der Waals surface area contributed by atoms with Crippen molar-refractivity contribution in [1.82, 2.24) is 19.5 Å². The fraction of sp³-hybridized carbons (Fsp3) is 0.145. The number of fused-ring (bicyclic) bond motifs is 10. The molecule has 8 aromatic carbocycles. The molecule has 0 radical (unpaired) electrons. The van der Waals surface area contributed by atoms with E-state index in [2.05, 4.69) is 148 Å². The Labute approximate surface area is 348 Å². The van der Waals surface area contributed by atoms with Gasteiger partial charge in [-0.25, -0.2) is 15.0 Å². The SMILES string of the molecule is CC1(C)CCC(C)(C)c2c1ccc1c3cc4ccccc4cc3n(-c3cc(-c4nc(-c5ccccc5)nc(-c5cccc6oc7ccccc7c56)n4)c4ccccc4c3)c21. The molecule has 5 heteroatoms. The van der Waals surface area contributed by atoms with Crippen LogP contribution in [0.25, 0.3) is 105 Å². The monoisotopic (exact) mass is 774 g/mol. The van der Waals surface area contributed by atoms with Gasteiger partial charge in [-0.2, -0.15) is 0 Å². The highest BCUT2D eigenvalue weighted by atomic mass is 16.3. The van der Waals surface area contributed by atoms with Crippen molar-refractivity contribution in [2.75, 3.05) is 0 Å². The first-order valence-corrected chi connectivity index (χ1v) is 21.0. The zero-order valence-electron chi connectivity index (χ0n) is 34.1. The van der Waals surface area contributed by atoms with Crippen LogP contribution in [0, 0.1) is 0 Å². The smallest absolute Gasteiger partial charge is 0.164 e. The first-order chi connectivity index (χ1) is 29.2. The van der Waals surface area contributed by atoms with Gasteiger partial charge in [0.25, 0.3) is 0 Å². The molecule has 1 aliphatic carbocycles. The van der Waals surface area contributed by atoms with Crippen LogP contribution in [0.4, 0.5) is 0 Å². The van der Waals surface area contributed by atoms with E-state index in [1.165, 1.54) is 43.7 Å². The summed E-state index contributed by atoms with van der Waals surface area (Å²) in [5.74, 6) is 1.85. The third-order valence-corrected chi connectivity index (χ3v) is 13.2. The predicted molar refractivity (Wildman–Crippen MR) is 248 cm³/mol. The second-order valence-electron chi connectivity index (χ2n) is 17.9. The maximum atomic E-state index is 6.35. The summed E-state index contributed by atoms with van der Waals surface area (Å²) in [6, 6.07) is 56.2. The van der Waals surface area contributed by atoms with Crippen molar-refractivity contribution < 1.29 is 4.42 Å². The van der Waals surface area contributed by atoms with Gasteiger partial charge >= 0.3 is 0 Å². The van der Waals surface area contributed by atoms with Crippen molar-refractivity contribution in [1.29, 1.82) is 0 Å². The van der Waals surface area contributed by atoms with Gasteiger partial charge in [-0.3, -0.25) is 0 Å². The minimum absolute atomic E-state index is 0.0262. The molecule has 0 atom stereocenters. The van der Waals surface area contributed by atoms with Crippen LogP contribution in [0.15, 0.2) is 162 Å². The topological polar surface area (TPSA) is 56.7 Å². The molecular weight excluding hydrogens is 733 g/mol. The zero-order chi connectivity index (χ0) is 40.3. The summed E-state index contributed by atoms with van der Waals surface area (Å²) in [6.07, 6.45) is 2.27. The van der Waals surface area contributed by atoms with E-state index in [9.17, 15) is 0 Å². The van der Waals surface area contributed by atoms with Crippen LogP contribution in [0.1, 0.15) is 51.7 Å². The number of hydrogen-bond donors (Lipinski definition) is 0. The van der Waals surface area contributed by atoms with Crippen LogP contribution in [-0.4, -0.2) is 19.5 Å². The number of hydrogen-bond acceptors (Lipinski definition) is 4. The Balaban J connectivity index is 1.19. The molecule has 0 saturated carbocycles. The summed E-state index contributed by atoms with van der Waals surface area (Å²) in [7, 11) is 0. The molecule has 3 heterocycles. The van der Waals surface area contributed by atoms with E-state index in [4.69, 9.17) is 19.4 Å². The van der Waals surface area contributed by atoms with Crippen LogP contribution in [0.2, 0.25) is 0 Å². The molecular formula is C55H42N4O. The van der Waals surface area contributed by atoms with E-state index < -0.39 is 0 Å². The predicted octanol–water partition coefficient (Wildman–Crippen LogP) is 14.5. The summed E-state index contributed by atoms with van der Waals surface area (Å²) in [5, 5.41) is 9.24. The van der Waals surface area contributed by atoms with Gasteiger partial charge < -0.3 is 8.98 Å². The fourth-order valence-electron chi connectivity index (χ4n) is 10.1. The lowest BCUT2D eigenvalue weighted by molar-refractivity contribution is 0.334. The van der Waals surface area contributed by atoms with E-state index in [0.29, 0.717) is 17.5 Å². The lowest BCUT2D eigenvalue weighted by Crippen LogP contribution is -2.34. The van der Waals surface area contributed by atoms with Gasteiger partial charge in [0.05, 0.1) is 11.0 Å². The third-order valence-electron chi connectivity index (χ3n) is 13.2. The van der Waals surface area contributed by atoms with Gasteiger partial charge in [0.15, 0.2) is 17.5 Å². The number of furan rings is 1. The van der Waals surface area contributed by atoms with Crippen molar-refractivity contribution >= 4 is 65.3 Å². The van der Waals surface area contributed by atoms with Crippen molar-refractivity contribution in [2.24, 2.45) is 0 Å². The Bertz CT molecular complexity index is 3550. The maximum absolute atomic E-state index is 6.35. The normalized spacial score (nSPS) is 14.8. The molecule has 60 heavy (non-hydrogen) atoms. The van der Waals surface area contributed by atoms with Gasteiger partial charge in [-0.05, 0) is 92.7 Å². The average Bonchev–Trinajstić information content (AvgIpc) is 3.82. The summed E-state index contributed by atoms with van der Waals surface area (Å²) in [6.45, 7) is 9.70. The van der Waals surface area contributed by atoms with Gasteiger partial charge in [0, 0.05) is 43.9 Å². The summed E-state index contributed by atoms with van der Waals surface area (Å²) in [4.78, 5) is 15.9. The highest BCUT2D eigenvalue weighted by molar-refractivity contribution is 6.16. The average molecular weight is 775 g/mol. The largest absolute Gasteiger partial charge is 0.456 e. The van der Waals surface area contributed by atoms with Gasteiger partial charge in [-0.15, -0.1) is 0 Å². The highest BCUT2D eigenvalue weighted by Crippen LogP contribution is 2.51. The minimum Gasteiger partial charge on any atom is -0.456 e. The summed E-state index contributed by atoms with van der Waals surface area (Å²) < 4.78 is 8.90. The first kappa shape index (κ1) is 34.9. The number of para-hydroxylation sites is 1. The Morgan fingerprint density at radius 3 is 1.95 bits per heavy atom. The quantitative estimate of drug-likeness (QED) is 0.179. The molecule has 0 amide bonds. The summed E-state index contributed by atoms with van der Waals surface area (Å²) in [5.41, 5.74) is 10.9. The number of nitrogens with zero attached hydrogens (tertiary/aromatic N) is 4. The van der Waals surface area contributed by atoms with Crippen molar-refractivity contribution in [2.45, 2.75) is 51.4 Å². The van der Waals surface area contributed by atoms with E-state index in [-0.39, 0.29) is 10.8 Å². The second kappa shape index (κ2) is 12.7. The Hall–Kier alpha value is -7.11. The van der Waals surface area contributed by atoms with E-state index >= 15 is 0 Å². The van der Waals surface area contributed by atoms with Crippen LogP contribution in [0.5, 0.6) is 0 Å². The standard InChI is InChI=1S/C55H42N4O/c1-54(2)27-28-55(3,4)49-44(54)26-25-39-42-30-34-17-8-9-18-35(34)31-45(42)59(50(39)49)37-29-36-19-10-11-20-38(36)43(32-37)53-57-51(33-15-6-5-7-16-33)56-52(58-53)41-22-14-24-47-48(41)40-21-12-13-23-46(40)60-47/h5-26,29-32H,27-28H2,1-4H3. The van der Waals surface area contributed by atoms with Gasteiger partial charge in [0.1, 0.15) is 11.2 Å². The Kier molecular flexibility index (Phi) is 7.38. The number of benzene rings is 8. The molecule has 11 aromatic rings. The van der Waals surface area contributed by atoms with E-state index in [1.54, 1.807) is 0 Å². The molecule has 3 aromatic heterocycles. The molecule has 288 valence electrons. The third kappa shape index (κ3) is 5.21. The van der Waals surface area contributed by atoms with Crippen LogP contribution < -0.4 is 0 Å². The van der Waals surface area contributed by atoms with Crippen LogP contribution >= 0.6 is 0 Å². The first-order valence-electron chi connectivity index (χ1n) is 21.0. The molecule has 0 unspecified atom stereocenters. The molecule has 0 saturated heterocycles. The van der Waals surface area contributed by atoms with E-state index in [0.717, 1.165) is 67.9 Å². The number of aromatic nitrogens is 4. The lowest BCUT2D eigenvalue weighted by Gasteiger charge is -2.42. The van der Waals surface area contributed by atoms with Gasteiger partial charge in [-0.1, -0.05) is 149 Å². The van der Waals surface area contributed by atoms with Crippen molar-refractivity contribution in [3.8, 4) is 39.9 Å². The molecule has 0 bridgehead atoms. The molecule has 12 rings (SSSR count). The molecule has 1 aliphatic rings. The van der Waals surface area contributed by atoms with Crippen molar-refractivity contribution in [3.63, 3.8) is 0 Å².